The first kappa shape index (κ1) is 8.50. The molecule has 0 fully saturated rings. The molecule has 4 nitrogen and oxygen atoms in total. The lowest BCUT2D eigenvalue weighted by molar-refractivity contribution is 0.174. The Kier molecular flexibility index (Phi) is 2.02. The number of nitrogens with zero attached hydrogens (tertiary/aromatic N) is 2. The fourth-order valence-electron chi connectivity index (χ4n) is 1.15. The molecule has 0 aliphatic rings. The Morgan fingerprint density at radius 3 is 2.57 bits per heavy atom. The second-order valence-electron chi connectivity index (χ2n) is 2.82. The van der Waals surface area contributed by atoms with Crippen LogP contribution in [-0.2, 0) is 0 Å². The van der Waals surface area contributed by atoms with Gasteiger partial charge in [0.1, 0.15) is 0 Å². The highest BCUT2D eigenvalue weighted by atomic mass is 16.5. The van der Waals surface area contributed by atoms with Crippen LogP contribution in [-0.4, -0.2) is 14.9 Å². The van der Waals surface area contributed by atoms with E-state index in [-0.39, 0.29) is 0 Å². The zero-order chi connectivity index (χ0) is 9.97. The van der Waals surface area contributed by atoms with Gasteiger partial charge in [0.2, 0.25) is 0 Å². The van der Waals surface area contributed by atoms with Crippen LogP contribution in [0.15, 0.2) is 47.5 Å². The van der Waals surface area contributed by atoms with Gasteiger partial charge in [-0.3, -0.25) is 4.79 Å². The maximum absolute atomic E-state index is 10.9. The molecule has 0 spiro atoms. The molecule has 1 aromatic carbocycles. The molecule has 0 bridgehead atoms. The van der Waals surface area contributed by atoms with E-state index in [1.54, 1.807) is 0 Å². The summed E-state index contributed by atoms with van der Waals surface area (Å²) in [4.78, 5) is 14.8. The second kappa shape index (κ2) is 3.33. The summed E-state index contributed by atoms with van der Waals surface area (Å²) in [6.45, 7) is 0. The maximum Gasteiger partial charge on any atom is 0.301 e. The van der Waals surface area contributed by atoms with Crippen molar-refractivity contribution in [2.24, 2.45) is 0 Å². The summed E-state index contributed by atoms with van der Waals surface area (Å²) in [5, 5.41) is 9.13. The van der Waals surface area contributed by atoms with Gasteiger partial charge in [0.15, 0.2) is 0 Å². The van der Waals surface area contributed by atoms with Crippen LogP contribution in [0.5, 0.6) is 0 Å². The van der Waals surface area contributed by atoms with Crippen LogP contribution in [0, 0.1) is 0 Å². The highest BCUT2D eigenvalue weighted by Crippen LogP contribution is 2.13. The molecular formula is C10H8N2O2. The van der Waals surface area contributed by atoms with Crippen molar-refractivity contribution in [3.63, 3.8) is 0 Å². The van der Waals surface area contributed by atoms with Crippen molar-refractivity contribution in [1.29, 1.82) is 0 Å². The van der Waals surface area contributed by atoms with Crippen molar-refractivity contribution in [1.82, 2.24) is 9.71 Å². The molecule has 2 aromatic rings. The third-order valence-corrected chi connectivity index (χ3v) is 1.85. The molecule has 0 radical (unpaired) electrons. The van der Waals surface area contributed by atoms with Gasteiger partial charge in [-0.25, -0.2) is 4.98 Å². The molecule has 0 aliphatic carbocycles. The molecule has 0 atom stereocenters. The highest BCUT2D eigenvalue weighted by molar-refractivity contribution is 5.57. The van der Waals surface area contributed by atoms with E-state index in [4.69, 9.17) is 5.21 Å². The van der Waals surface area contributed by atoms with Gasteiger partial charge in [0.05, 0.1) is 18.1 Å². The van der Waals surface area contributed by atoms with Crippen molar-refractivity contribution < 1.29 is 5.21 Å². The van der Waals surface area contributed by atoms with Crippen molar-refractivity contribution in [3.8, 4) is 11.3 Å². The molecule has 0 saturated carbocycles. The molecular weight excluding hydrogens is 180 g/mol. The first-order valence-electron chi connectivity index (χ1n) is 4.11. The Morgan fingerprint density at radius 2 is 1.93 bits per heavy atom. The number of aromatic nitrogens is 2. The van der Waals surface area contributed by atoms with E-state index < -0.39 is 5.56 Å². The minimum atomic E-state index is -0.537. The first-order chi connectivity index (χ1) is 6.77. The number of benzene rings is 1. The predicted molar refractivity (Wildman–Crippen MR) is 51.1 cm³/mol. The van der Waals surface area contributed by atoms with Gasteiger partial charge in [-0.1, -0.05) is 30.3 Å². The molecule has 1 N–H and O–H groups in total. The van der Waals surface area contributed by atoms with Gasteiger partial charge in [-0.05, 0) is 0 Å². The summed E-state index contributed by atoms with van der Waals surface area (Å²) >= 11 is 0. The highest BCUT2D eigenvalue weighted by Gasteiger charge is 2.00. The standard InChI is InChI=1S/C10H8N2O2/c13-10-6-11-9(7-12(10)14)8-4-2-1-3-5-8/h1-7,14H. The lowest BCUT2D eigenvalue weighted by atomic mass is 10.2. The number of hydrogen-bond donors (Lipinski definition) is 1. The quantitative estimate of drug-likeness (QED) is 0.683. The third kappa shape index (κ3) is 1.50. The second-order valence-corrected chi connectivity index (χ2v) is 2.82. The minimum absolute atomic E-state index is 0.523. The van der Waals surface area contributed by atoms with Crippen molar-refractivity contribution in [2.45, 2.75) is 0 Å². The molecule has 0 unspecified atom stereocenters. The van der Waals surface area contributed by atoms with E-state index in [2.05, 4.69) is 4.98 Å². The van der Waals surface area contributed by atoms with Crippen molar-refractivity contribution >= 4 is 0 Å². The summed E-state index contributed by atoms with van der Waals surface area (Å²) in [6, 6.07) is 9.33. The molecule has 2 rings (SSSR count). The van der Waals surface area contributed by atoms with E-state index in [1.165, 1.54) is 6.20 Å². The van der Waals surface area contributed by atoms with E-state index >= 15 is 0 Å². The maximum atomic E-state index is 10.9. The summed E-state index contributed by atoms with van der Waals surface area (Å²) in [6.07, 6.45) is 2.38. The average molecular weight is 188 g/mol. The van der Waals surface area contributed by atoms with Gasteiger partial charge in [-0.15, -0.1) is 0 Å². The van der Waals surface area contributed by atoms with Crippen LogP contribution < -0.4 is 5.56 Å². The zero-order valence-corrected chi connectivity index (χ0v) is 7.29. The van der Waals surface area contributed by atoms with Gasteiger partial charge < -0.3 is 5.21 Å². The van der Waals surface area contributed by atoms with Gasteiger partial charge >= 0.3 is 5.56 Å². The number of rotatable bonds is 1. The largest absolute Gasteiger partial charge is 0.425 e. The summed E-state index contributed by atoms with van der Waals surface area (Å²) in [5.74, 6) is 0. The van der Waals surface area contributed by atoms with Gasteiger partial charge in [0.25, 0.3) is 0 Å². The van der Waals surface area contributed by atoms with Crippen LogP contribution in [0.3, 0.4) is 0 Å². The van der Waals surface area contributed by atoms with Crippen LogP contribution in [0.4, 0.5) is 0 Å². The SMILES string of the molecule is O=c1cnc(-c2ccccc2)cn1O. The first-order valence-corrected chi connectivity index (χ1v) is 4.11. The summed E-state index contributed by atoms with van der Waals surface area (Å²) < 4.78 is 0.523. The zero-order valence-electron chi connectivity index (χ0n) is 7.29. The van der Waals surface area contributed by atoms with Gasteiger partial charge in [0, 0.05) is 5.56 Å². The van der Waals surface area contributed by atoms with E-state index in [0.29, 0.717) is 10.4 Å². The Morgan fingerprint density at radius 1 is 1.21 bits per heavy atom. The summed E-state index contributed by atoms with van der Waals surface area (Å²) in [7, 11) is 0. The van der Waals surface area contributed by atoms with E-state index in [1.807, 2.05) is 30.3 Å². The lowest BCUT2D eigenvalue weighted by Gasteiger charge is -2.00. The van der Waals surface area contributed by atoms with E-state index in [0.717, 1.165) is 11.8 Å². The Balaban J connectivity index is 2.54. The fourth-order valence-corrected chi connectivity index (χ4v) is 1.15. The summed E-state index contributed by atoms with van der Waals surface area (Å²) in [5.41, 5.74) is 0.882. The predicted octanol–water partition coefficient (Wildman–Crippen LogP) is 1.15. The fraction of sp³-hybridized carbons (Fsp3) is 0. The molecule has 4 heteroatoms. The topological polar surface area (TPSA) is 55.1 Å². The number of hydrogen-bond acceptors (Lipinski definition) is 3. The Hall–Kier alpha value is -2.10. The van der Waals surface area contributed by atoms with Crippen molar-refractivity contribution in [3.05, 3.63) is 53.1 Å². The smallest absolute Gasteiger partial charge is 0.301 e. The van der Waals surface area contributed by atoms with Crippen LogP contribution >= 0.6 is 0 Å². The Labute approximate surface area is 80.0 Å². The molecule has 1 heterocycles. The van der Waals surface area contributed by atoms with Crippen molar-refractivity contribution in [2.75, 3.05) is 0 Å². The minimum Gasteiger partial charge on any atom is -0.425 e. The van der Waals surface area contributed by atoms with E-state index in [9.17, 15) is 4.79 Å². The third-order valence-electron chi connectivity index (χ3n) is 1.85. The lowest BCUT2D eigenvalue weighted by Crippen LogP contribution is -2.16. The molecule has 0 saturated heterocycles. The van der Waals surface area contributed by atoms with Crippen LogP contribution in [0.25, 0.3) is 11.3 Å². The van der Waals surface area contributed by atoms with Gasteiger partial charge in [-0.2, -0.15) is 4.73 Å². The van der Waals surface area contributed by atoms with Crippen LogP contribution in [0.1, 0.15) is 0 Å². The Bertz CT molecular complexity index is 491. The molecule has 14 heavy (non-hydrogen) atoms. The average Bonchev–Trinajstić information content (AvgIpc) is 2.23. The normalized spacial score (nSPS) is 10.0. The molecule has 70 valence electrons. The molecule has 1 aromatic heterocycles. The monoisotopic (exact) mass is 188 g/mol. The molecule has 0 amide bonds. The molecule has 0 aliphatic heterocycles. The van der Waals surface area contributed by atoms with Crippen LogP contribution in [0.2, 0.25) is 0 Å².